The second-order valence-electron chi connectivity index (χ2n) is 4.39. The van der Waals surface area contributed by atoms with Gasteiger partial charge >= 0.3 is 0 Å². The van der Waals surface area contributed by atoms with Crippen LogP contribution in [0.3, 0.4) is 0 Å². The maximum Gasteiger partial charge on any atom is 0.0343 e. The summed E-state index contributed by atoms with van der Waals surface area (Å²) < 4.78 is 1.14. The van der Waals surface area contributed by atoms with Crippen LogP contribution in [-0.2, 0) is 6.42 Å². The average Bonchev–Trinajstić information content (AvgIpc) is 2.68. The topological polar surface area (TPSA) is 26.0 Å². The third-order valence-corrected chi connectivity index (χ3v) is 4.72. The highest BCUT2D eigenvalue weighted by atomic mass is 79.9. The molecule has 0 saturated heterocycles. The Morgan fingerprint density at radius 1 is 1.24 bits per heavy atom. The Bertz CT molecular complexity index is 519. The summed E-state index contributed by atoms with van der Waals surface area (Å²) in [6.07, 6.45) is 0.902. The molecule has 1 heterocycles. The Labute approximate surface area is 115 Å². The lowest BCUT2D eigenvalue weighted by Crippen LogP contribution is -2.12. The summed E-state index contributed by atoms with van der Waals surface area (Å²) in [6, 6.07) is 8.71. The van der Waals surface area contributed by atoms with Gasteiger partial charge in [0.05, 0.1) is 0 Å². The minimum absolute atomic E-state index is 0.0832. The van der Waals surface area contributed by atoms with Crippen molar-refractivity contribution >= 4 is 27.3 Å². The zero-order valence-electron chi connectivity index (χ0n) is 10.0. The molecule has 1 aromatic heterocycles. The third-order valence-electron chi connectivity index (χ3n) is 3.00. The molecule has 0 aliphatic carbocycles. The van der Waals surface area contributed by atoms with Crippen molar-refractivity contribution in [2.24, 2.45) is 5.73 Å². The molecule has 1 aromatic carbocycles. The van der Waals surface area contributed by atoms with E-state index >= 15 is 0 Å². The molecule has 1 nitrogen and oxygen atoms in total. The number of hydrogen-bond acceptors (Lipinski definition) is 2. The highest BCUT2D eigenvalue weighted by molar-refractivity contribution is 9.10. The zero-order valence-corrected chi connectivity index (χ0v) is 12.4. The van der Waals surface area contributed by atoms with Gasteiger partial charge in [-0.25, -0.2) is 0 Å². The van der Waals surface area contributed by atoms with Gasteiger partial charge in [0.15, 0.2) is 0 Å². The summed E-state index contributed by atoms with van der Waals surface area (Å²) in [5.74, 6) is 0. The van der Waals surface area contributed by atoms with Crippen molar-refractivity contribution in [1.82, 2.24) is 0 Å². The van der Waals surface area contributed by atoms with Gasteiger partial charge in [-0.2, -0.15) is 0 Å². The van der Waals surface area contributed by atoms with Crippen LogP contribution in [0.1, 0.15) is 27.6 Å². The molecule has 0 spiro atoms. The first kappa shape index (κ1) is 12.8. The van der Waals surface area contributed by atoms with Crippen LogP contribution < -0.4 is 5.73 Å². The van der Waals surface area contributed by atoms with E-state index < -0.39 is 0 Å². The van der Waals surface area contributed by atoms with Crippen LogP contribution in [0.4, 0.5) is 0 Å². The van der Waals surface area contributed by atoms with Gasteiger partial charge < -0.3 is 5.73 Å². The summed E-state index contributed by atoms with van der Waals surface area (Å²) >= 11 is 5.22. The maximum atomic E-state index is 6.25. The molecular formula is C14H16BrNS. The summed E-state index contributed by atoms with van der Waals surface area (Å²) in [4.78, 5) is 1.32. The number of thiophene rings is 1. The fourth-order valence-electron chi connectivity index (χ4n) is 1.79. The Morgan fingerprint density at radius 3 is 2.59 bits per heavy atom. The fraction of sp³-hybridized carbons (Fsp3) is 0.286. The fourth-order valence-corrected chi connectivity index (χ4v) is 3.30. The minimum Gasteiger partial charge on any atom is -0.324 e. The molecule has 0 radical (unpaired) electrons. The number of rotatable bonds is 3. The molecule has 90 valence electrons. The molecule has 0 aliphatic rings. The molecule has 17 heavy (non-hydrogen) atoms. The molecule has 2 rings (SSSR count). The Hall–Kier alpha value is -0.640. The van der Waals surface area contributed by atoms with E-state index in [4.69, 9.17) is 5.73 Å². The van der Waals surface area contributed by atoms with Crippen molar-refractivity contribution in [3.8, 4) is 0 Å². The molecule has 0 bridgehead atoms. The molecule has 2 aromatic rings. The van der Waals surface area contributed by atoms with E-state index in [0.29, 0.717) is 0 Å². The van der Waals surface area contributed by atoms with Gasteiger partial charge in [0.1, 0.15) is 0 Å². The number of benzene rings is 1. The smallest absolute Gasteiger partial charge is 0.0343 e. The van der Waals surface area contributed by atoms with Crippen molar-refractivity contribution in [3.05, 3.63) is 55.7 Å². The summed E-state index contributed by atoms with van der Waals surface area (Å²) in [6.45, 7) is 4.26. The Morgan fingerprint density at radius 2 is 2.00 bits per heavy atom. The number of halogens is 1. The lowest BCUT2D eigenvalue weighted by Gasteiger charge is -2.12. The Kier molecular flexibility index (Phi) is 4.02. The first-order valence-electron chi connectivity index (χ1n) is 5.62. The largest absolute Gasteiger partial charge is 0.324 e. The van der Waals surface area contributed by atoms with Crippen molar-refractivity contribution in [1.29, 1.82) is 0 Å². The first-order valence-corrected chi connectivity index (χ1v) is 7.29. The predicted octanol–water partition coefficient (Wildman–Crippen LogP) is 4.37. The lowest BCUT2D eigenvalue weighted by atomic mass is 9.99. The first-order chi connectivity index (χ1) is 8.06. The zero-order chi connectivity index (χ0) is 12.4. The van der Waals surface area contributed by atoms with E-state index in [-0.39, 0.29) is 6.04 Å². The lowest BCUT2D eigenvalue weighted by molar-refractivity contribution is 0.729. The SMILES string of the molecule is Cc1ccc(C(N)Cc2cc(Br)cs2)cc1C. The van der Waals surface area contributed by atoms with Crippen LogP contribution in [0.15, 0.2) is 34.1 Å². The predicted molar refractivity (Wildman–Crippen MR) is 78.6 cm³/mol. The molecule has 1 unspecified atom stereocenters. The van der Waals surface area contributed by atoms with Gasteiger partial charge in [-0.3, -0.25) is 0 Å². The van der Waals surface area contributed by atoms with E-state index in [9.17, 15) is 0 Å². The molecule has 0 amide bonds. The molecular weight excluding hydrogens is 294 g/mol. The quantitative estimate of drug-likeness (QED) is 0.895. The van der Waals surface area contributed by atoms with Crippen LogP contribution in [0.25, 0.3) is 0 Å². The second kappa shape index (κ2) is 5.34. The molecule has 0 saturated carbocycles. The monoisotopic (exact) mass is 309 g/mol. The van der Waals surface area contributed by atoms with Crippen molar-refractivity contribution in [2.75, 3.05) is 0 Å². The van der Waals surface area contributed by atoms with Crippen LogP contribution >= 0.6 is 27.3 Å². The van der Waals surface area contributed by atoms with Gasteiger partial charge in [-0.05, 0) is 52.5 Å². The summed E-state index contributed by atoms with van der Waals surface area (Å²) in [7, 11) is 0. The van der Waals surface area contributed by atoms with Crippen LogP contribution in [0.5, 0.6) is 0 Å². The van der Waals surface area contributed by atoms with Crippen LogP contribution in [0, 0.1) is 13.8 Å². The van der Waals surface area contributed by atoms with E-state index in [1.807, 2.05) is 0 Å². The van der Waals surface area contributed by atoms with Crippen molar-refractivity contribution in [3.63, 3.8) is 0 Å². The van der Waals surface area contributed by atoms with Crippen molar-refractivity contribution < 1.29 is 0 Å². The van der Waals surface area contributed by atoms with Crippen LogP contribution in [0.2, 0.25) is 0 Å². The third kappa shape index (κ3) is 3.18. The van der Waals surface area contributed by atoms with E-state index in [2.05, 4.69) is 59.4 Å². The van der Waals surface area contributed by atoms with E-state index in [0.717, 1.165) is 10.9 Å². The highest BCUT2D eigenvalue weighted by Gasteiger charge is 2.09. The number of aryl methyl sites for hydroxylation is 2. The molecule has 3 heteroatoms. The Balaban J connectivity index is 2.14. The van der Waals surface area contributed by atoms with E-state index in [1.165, 1.54) is 21.6 Å². The second-order valence-corrected chi connectivity index (χ2v) is 6.30. The maximum absolute atomic E-state index is 6.25. The van der Waals surface area contributed by atoms with Gasteiger partial charge in [0.2, 0.25) is 0 Å². The van der Waals surface area contributed by atoms with Gasteiger partial charge in [-0.15, -0.1) is 11.3 Å². The highest BCUT2D eigenvalue weighted by Crippen LogP contribution is 2.25. The number of hydrogen-bond donors (Lipinski definition) is 1. The van der Waals surface area contributed by atoms with Crippen molar-refractivity contribution in [2.45, 2.75) is 26.3 Å². The minimum atomic E-state index is 0.0832. The van der Waals surface area contributed by atoms with Gasteiger partial charge in [-0.1, -0.05) is 18.2 Å². The molecule has 2 N–H and O–H groups in total. The summed E-state index contributed by atoms with van der Waals surface area (Å²) in [5, 5.41) is 2.10. The summed E-state index contributed by atoms with van der Waals surface area (Å²) in [5.41, 5.74) is 10.1. The standard InChI is InChI=1S/C14H16BrNS/c1-9-3-4-11(5-10(9)2)14(16)7-13-6-12(15)8-17-13/h3-6,8,14H,7,16H2,1-2H3. The normalized spacial score (nSPS) is 12.7. The van der Waals surface area contributed by atoms with Gasteiger partial charge in [0, 0.05) is 27.2 Å². The molecule has 0 aliphatic heterocycles. The van der Waals surface area contributed by atoms with Crippen LogP contribution in [-0.4, -0.2) is 0 Å². The number of nitrogens with two attached hydrogens (primary N) is 1. The molecule has 1 atom stereocenters. The van der Waals surface area contributed by atoms with E-state index in [1.54, 1.807) is 11.3 Å². The average molecular weight is 310 g/mol. The molecule has 0 fully saturated rings. The van der Waals surface area contributed by atoms with Gasteiger partial charge in [0.25, 0.3) is 0 Å².